The molecule has 0 aromatic heterocycles. The maximum atomic E-state index is 3.61. The topological polar surface area (TPSA) is 27.3 Å². The fraction of sp³-hybridized carbons (Fsp3) is 0.714. The molecule has 3 rings (SSSR count). The van der Waals surface area contributed by atoms with Gasteiger partial charge in [-0.25, -0.2) is 0 Å². The molecule has 2 aliphatic heterocycles. The quantitative estimate of drug-likeness (QED) is 0.834. The van der Waals surface area contributed by atoms with Crippen molar-refractivity contribution >= 4 is 0 Å². The molecule has 2 N–H and O–H groups in total. The van der Waals surface area contributed by atoms with E-state index in [0.29, 0.717) is 12.0 Å². The molecule has 24 heavy (non-hydrogen) atoms. The van der Waals surface area contributed by atoms with Gasteiger partial charge in [-0.1, -0.05) is 51.1 Å². The van der Waals surface area contributed by atoms with Crippen LogP contribution in [0, 0.1) is 17.8 Å². The third-order valence-electron chi connectivity index (χ3n) is 5.87. The van der Waals surface area contributed by atoms with E-state index < -0.39 is 0 Å². The maximum Gasteiger partial charge on any atom is 0.0294 e. The molecule has 134 valence electrons. The smallest absolute Gasteiger partial charge is 0.0294 e. The summed E-state index contributed by atoms with van der Waals surface area (Å²) in [6.07, 6.45) is 4.06. The normalized spacial score (nSPS) is 29.9. The molecule has 2 aliphatic rings. The summed E-state index contributed by atoms with van der Waals surface area (Å²) >= 11 is 0. The summed E-state index contributed by atoms with van der Waals surface area (Å²) in [6.45, 7) is 11.9. The minimum Gasteiger partial charge on any atom is -0.302 e. The molecule has 0 saturated carbocycles. The molecule has 3 heteroatoms. The first kappa shape index (κ1) is 17.9. The number of benzene rings is 1. The summed E-state index contributed by atoms with van der Waals surface area (Å²) in [5, 5.41) is 0. The van der Waals surface area contributed by atoms with Gasteiger partial charge in [-0.3, -0.25) is 10.9 Å². The zero-order valence-corrected chi connectivity index (χ0v) is 15.7. The molecule has 0 spiro atoms. The van der Waals surface area contributed by atoms with Crippen LogP contribution in [0.15, 0.2) is 30.3 Å². The lowest BCUT2D eigenvalue weighted by atomic mass is 9.80. The molecule has 1 aromatic rings. The molecule has 0 amide bonds. The predicted molar refractivity (Wildman–Crippen MR) is 102 cm³/mol. The third kappa shape index (κ3) is 4.59. The van der Waals surface area contributed by atoms with Crippen LogP contribution < -0.4 is 10.9 Å². The lowest BCUT2D eigenvalue weighted by molar-refractivity contribution is 0.129. The first-order valence-corrected chi connectivity index (χ1v) is 9.89. The van der Waals surface area contributed by atoms with Crippen molar-refractivity contribution in [3.8, 4) is 0 Å². The van der Waals surface area contributed by atoms with E-state index in [1.807, 2.05) is 0 Å². The van der Waals surface area contributed by atoms with E-state index in [2.05, 4.69) is 66.9 Å². The molecular formula is C21H35N3. The highest BCUT2D eigenvalue weighted by atomic mass is 15.4. The Hall–Kier alpha value is -0.900. The van der Waals surface area contributed by atoms with E-state index in [-0.39, 0.29) is 0 Å². The fourth-order valence-electron chi connectivity index (χ4n) is 4.72. The van der Waals surface area contributed by atoms with Gasteiger partial charge >= 0.3 is 0 Å². The first-order valence-electron chi connectivity index (χ1n) is 9.89. The molecule has 4 atom stereocenters. The number of nitrogens with one attached hydrogen (secondary N) is 2. The number of likely N-dealkylation sites (tertiary alicyclic amines) is 1. The fourth-order valence-corrected chi connectivity index (χ4v) is 4.72. The minimum absolute atomic E-state index is 0.617. The van der Waals surface area contributed by atoms with Crippen molar-refractivity contribution in [2.75, 3.05) is 26.2 Å². The van der Waals surface area contributed by atoms with E-state index in [1.165, 1.54) is 44.5 Å². The number of rotatable bonds is 6. The molecule has 0 radical (unpaired) electrons. The average molecular weight is 330 g/mol. The Morgan fingerprint density at radius 3 is 2.71 bits per heavy atom. The number of hydrogen-bond donors (Lipinski definition) is 2. The molecular weight excluding hydrogens is 294 g/mol. The van der Waals surface area contributed by atoms with Crippen LogP contribution in [-0.2, 0) is 0 Å². The summed E-state index contributed by atoms with van der Waals surface area (Å²) < 4.78 is 0. The first-order chi connectivity index (χ1) is 11.6. The highest BCUT2D eigenvalue weighted by molar-refractivity contribution is 5.19. The number of nitrogens with zero attached hydrogens (tertiary/aromatic N) is 1. The minimum atomic E-state index is 0.617. The van der Waals surface area contributed by atoms with E-state index in [0.717, 1.165) is 24.3 Å². The van der Waals surface area contributed by atoms with Crippen LogP contribution in [0.4, 0.5) is 0 Å². The van der Waals surface area contributed by atoms with Crippen molar-refractivity contribution in [3.63, 3.8) is 0 Å². The van der Waals surface area contributed by atoms with Crippen LogP contribution in [0.1, 0.15) is 51.5 Å². The van der Waals surface area contributed by atoms with Gasteiger partial charge in [-0.15, -0.1) is 0 Å². The average Bonchev–Trinajstić information content (AvgIpc) is 3.03. The molecule has 1 aromatic carbocycles. The van der Waals surface area contributed by atoms with Crippen LogP contribution in [0.25, 0.3) is 0 Å². The summed E-state index contributed by atoms with van der Waals surface area (Å²) in [5.41, 5.74) is 8.52. The van der Waals surface area contributed by atoms with E-state index in [1.54, 1.807) is 0 Å². The lowest BCUT2D eigenvalue weighted by Crippen LogP contribution is -2.47. The number of hydrazine groups is 1. The second-order valence-electron chi connectivity index (χ2n) is 8.41. The molecule has 0 bridgehead atoms. The van der Waals surface area contributed by atoms with Gasteiger partial charge in [0.1, 0.15) is 0 Å². The highest BCUT2D eigenvalue weighted by Crippen LogP contribution is 2.30. The van der Waals surface area contributed by atoms with Gasteiger partial charge in [-0.05, 0) is 55.0 Å². The second kappa shape index (κ2) is 8.46. The Bertz CT molecular complexity index is 487. The van der Waals surface area contributed by atoms with Gasteiger partial charge in [0.15, 0.2) is 0 Å². The van der Waals surface area contributed by atoms with Crippen molar-refractivity contribution < 1.29 is 0 Å². The van der Waals surface area contributed by atoms with Crippen LogP contribution in [-0.4, -0.2) is 37.1 Å². The second-order valence-corrected chi connectivity index (χ2v) is 8.41. The number of piperidine rings is 1. The van der Waals surface area contributed by atoms with Gasteiger partial charge in [-0.2, -0.15) is 0 Å². The molecule has 2 fully saturated rings. The van der Waals surface area contributed by atoms with E-state index in [4.69, 9.17) is 0 Å². The largest absolute Gasteiger partial charge is 0.302 e. The van der Waals surface area contributed by atoms with Crippen LogP contribution in [0.3, 0.4) is 0 Å². The van der Waals surface area contributed by atoms with Crippen molar-refractivity contribution in [1.29, 1.82) is 0 Å². The van der Waals surface area contributed by atoms with Crippen LogP contribution >= 0.6 is 0 Å². The standard InChI is InChI=1S/C21H35N3/c1-16(2)12-20-13-22-23-21(20)19-10-7-11-24(15-19)14-17(3)18-8-5-4-6-9-18/h4-6,8-9,16-17,19-23H,7,10-15H2,1-3H3. The van der Waals surface area contributed by atoms with Gasteiger partial charge in [0.05, 0.1) is 0 Å². The van der Waals surface area contributed by atoms with E-state index >= 15 is 0 Å². The van der Waals surface area contributed by atoms with Crippen LogP contribution in [0.5, 0.6) is 0 Å². The Balaban J connectivity index is 1.56. The van der Waals surface area contributed by atoms with Crippen molar-refractivity contribution in [3.05, 3.63) is 35.9 Å². The van der Waals surface area contributed by atoms with E-state index in [9.17, 15) is 0 Å². The molecule has 0 aliphatic carbocycles. The third-order valence-corrected chi connectivity index (χ3v) is 5.87. The van der Waals surface area contributed by atoms with Gasteiger partial charge in [0, 0.05) is 25.7 Å². The molecule has 3 nitrogen and oxygen atoms in total. The molecule has 4 unspecified atom stereocenters. The summed E-state index contributed by atoms with van der Waals surface area (Å²) in [6, 6.07) is 11.6. The molecule has 2 saturated heterocycles. The maximum absolute atomic E-state index is 3.61. The summed E-state index contributed by atoms with van der Waals surface area (Å²) in [7, 11) is 0. The Morgan fingerprint density at radius 1 is 1.17 bits per heavy atom. The summed E-state index contributed by atoms with van der Waals surface area (Å²) in [5.74, 6) is 2.99. The molecule has 2 heterocycles. The Morgan fingerprint density at radius 2 is 1.96 bits per heavy atom. The predicted octanol–water partition coefficient (Wildman–Crippen LogP) is 3.64. The summed E-state index contributed by atoms with van der Waals surface area (Å²) in [4.78, 5) is 2.71. The van der Waals surface area contributed by atoms with Gasteiger partial charge in [0.2, 0.25) is 0 Å². The zero-order valence-electron chi connectivity index (χ0n) is 15.7. The van der Waals surface area contributed by atoms with Crippen molar-refractivity contribution in [2.24, 2.45) is 17.8 Å². The monoisotopic (exact) mass is 329 g/mol. The zero-order chi connectivity index (χ0) is 16.9. The number of hydrogen-bond acceptors (Lipinski definition) is 3. The van der Waals surface area contributed by atoms with Crippen LogP contribution in [0.2, 0.25) is 0 Å². The van der Waals surface area contributed by atoms with Crippen molar-refractivity contribution in [1.82, 2.24) is 15.8 Å². The Kier molecular flexibility index (Phi) is 6.31. The van der Waals surface area contributed by atoms with Crippen molar-refractivity contribution in [2.45, 2.75) is 52.0 Å². The highest BCUT2D eigenvalue weighted by Gasteiger charge is 2.36. The Labute approximate surface area is 148 Å². The van der Waals surface area contributed by atoms with Gasteiger partial charge in [0.25, 0.3) is 0 Å². The SMILES string of the molecule is CC(C)CC1CNNC1C1CCCN(CC(C)c2ccccc2)C1. The lowest BCUT2D eigenvalue weighted by Gasteiger charge is -2.38. The van der Waals surface area contributed by atoms with Gasteiger partial charge < -0.3 is 4.90 Å².